The number of piperazine rings is 1. The minimum Gasteiger partial charge on any atom is -0.353 e. The normalized spacial score (nSPS) is 14.5. The van der Waals surface area contributed by atoms with Gasteiger partial charge in [0.25, 0.3) is 11.8 Å². The Balaban J connectivity index is 1.43. The van der Waals surface area contributed by atoms with E-state index in [-0.39, 0.29) is 0 Å². The van der Waals surface area contributed by atoms with Crippen LogP contribution in [0.2, 0.25) is 0 Å². The zero-order valence-corrected chi connectivity index (χ0v) is 14.9. The lowest BCUT2D eigenvalue weighted by atomic mass is 10.2. The van der Waals surface area contributed by atoms with Crippen LogP contribution in [0.1, 0.15) is 0 Å². The molecule has 0 aliphatic carbocycles. The van der Waals surface area contributed by atoms with Gasteiger partial charge in [-0.05, 0) is 23.4 Å². The van der Waals surface area contributed by atoms with Crippen LogP contribution in [-0.2, 0) is 0 Å². The zero-order chi connectivity index (χ0) is 17.9. The topological polar surface area (TPSA) is 74.4 Å². The van der Waals surface area contributed by atoms with Gasteiger partial charge in [0.15, 0.2) is 0 Å². The van der Waals surface area contributed by atoms with E-state index < -0.39 is 0 Å². The summed E-state index contributed by atoms with van der Waals surface area (Å²) in [6.45, 7) is 3.32. The molecular formula is C18H21N7O. The molecule has 0 radical (unpaired) electrons. The molecule has 3 aromatic rings. The highest BCUT2D eigenvalue weighted by molar-refractivity contribution is 5.54. The van der Waals surface area contributed by atoms with Crippen LogP contribution in [0.3, 0.4) is 0 Å². The van der Waals surface area contributed by atoms with Gasteiger partial charge in [-0.3, -0.25) is 0 Å². The summed E-state index contributed by atoms with van der Waals surface area (Å²) in [5.41, 5.74) is 0.932. The third kappa shape index (κ3) is 3.30. The molecule has 0 saturated carbocycles. The molecule has 0 bridgehead atoms. The number of benzene rings is 1. The van der Waals surface area contributed by atoms with Gasteiger partial charge < -0.3 is 19.2 Å². The Hall–Kier alpha value is -3.16. The summed E-state index contributed by atoms with van der Waals surface area (Å²) in [6, 6.07) is 11.8. The summed E-state index contributed by atoms with van der Waals surface area (Å²) in [5, 5.41) is 4.14. The Morgan fingerprint density at radius 2 is 1.65 bits per heavy atom. The average Bonchev–Trinajstić information content (AvgIpc) is 3.19. The Morgan fingerprint density at radius 3 is 2.38 bits per heavy atom. The molecule has 1 aliphatic heterocycles. The summed E-state index contributed by atoms with van der Waals surface area (Å²) in [7, 11) is 3.88. The largest absolute Gasteiger partial charge is 0.353 e. The van der Waals surface area contributed by atoms with Gasteiger partial charge in [-0.25, -0.2) is 4.98 Å². The van der Waals surface area contributed by atoms with E-state index in [9.17, 15) is 0 Å². The fourth-order valence-corrected chi connectivity index (χ4v) is 2.91. The number of aromatic nitrogens is 4. The molecule has 8 heteroatoms. The predicted molar refractivity (Wildman–Crippen MR) is 101 cm³/mol. The van der Waals surface area contributed by atoms with Gasteiger partial charge in [-0.15, -0.1) is 0 Å². The Labute approximate surface area is 152 Å². The molecule has 8 nitrogen and oxygen atoms in total. The van der Waals surface area contributed by atoms with Crippen LogP contribution in [0, 0.1) is 0 Å². The summed E-state index contributed by atoms with van der Waals surface area (Å²) < 4.78 is 5.41. The molecule has 2 aromatic heterocycles. The first-order valence-electron chi connectivity index (χ1n) is 8.60. The van der Waals surface area contributed by atoms with E-state index in [0.29, 0.717) is 11.8 Å². The fourth-order valence-electron chi connectivity index (χ4n) is 2.91. The summed E-state index contributed by atoms with van der Waals surface area (Å²) in [4.78, 5) is 19.7. The van der Waals surface area contributed by atoms with E-state index in [4.69, 9.17) is 4.52 Å². The van der Waals surface area contributed by atoms with Crippen LogP contribution >= 0.6 is 0 Å². The van der Waals surface area contributed by atoms with E-state index in [0.717, 1.165) is 43.5 Å². The van der Waals surface area contributed by atoms with Crippen LogP contribution in [0.15, 0.2) is 47.1 Å². The molecule has 3 heterocycles. The molecule has 1 fully saturated rings. The van der Waals surface area contributed by atoms with Crippen LogP contribution in [0.25, 0.3) is 11.5 Å². The zero-order valence-electron chi connectivity index (χ0n) is 14.9. The van der Waals surface area contributed by atoms with Gasteiger partial charge >= 0.3 is 0 Å². The van der Waals surface area contributed by atoms with Crippen LogP contribution < -0.4 is 14.7 Å². The van der Waals surface area contributed by atoms with Crippen molar-refractivity contribution in [3.8, 4) is 11.5 Å². The molecule has 26 heavy (non-hydrogen) atoms. The minimum absolute atomic E-state index is 0.550. The van der Waals surface area contributed by atoms with Crippen molar-refractivity contribution in [3.63, 3.8) is 0 Å². The van der Waals surface area contributed by atoms with Gasteiger partial charge in [-0.2, -0.15) is 9.97 Å². The minimum atomic E-state index is 0.550. The van der Waals surface area contributed by atoms with Crippen molar-refractivity contribution >= 4 is 17.7 Å². The van der Waals surface area contributed by atoms with E-state index in [2.05, 4.69) is 29.9 Å². The second-order valence-corrected chi connectivity index (χ2v) is 6.35. The van der Waals surface area contributed by atoms with Crippen molar-refractivity contribution in [2.24, 2.45) is 0 Å². The third-order valence-corrected chi connectivity index (χ3v) is 4.35. The molecule has 0 spiro atoms. The molecule has 134 valence electrons. The van der Waals surface area contributed by atoms with Gasteiger partial charge in [-0.1, -0.05) is 18.2 Å². The van der Waals surface area contributed by atoms with Crippen molar-refractivity contribution in [2.75, 3.05) is 55.0 Å². The third-order valence-electron chi connectivity index (χ3n) is 4.35. The lowest BCUT2D eigenvalue weighted by molar-refractivity contribution is 0.428. The van der Waals surface area contributed by atoms with Crippen molar-refractivity contribution in [1.29, 1.82) is 0 Å². The smallest absolute Gasteiger partial charge is 0.266 e. The maximum absolute atomic E-state index is 5.41. The number of nitrogens with zero attached hydrogens (tertiary/aromatic N) is 7. The first kappa shape index (κ1) is 16.3. The van der Waals surface area contributed by atoms with Crippen molar-refractivity contribution < 1.29 is 4.52 Å². The highest BCUT2D eigenvalue weighted by Gasteiger charge is 2.22. The van der Waals surface area contributed by atoms with Gasteiger partial charge in [0.05, 0.1) is 0 Å². The summed E-state index contributed by atoms with van der Waals surface area (Å²) in [5.74, 6) is 2.85. The lowest BCUT2D eigenvalue weighted by Crippen LogP contribution is -2.47. The first-order valence-corrected chi connectivity index (χ1v) is 8.60. The number of hydrogen-bond donors (Lipinski definition) is 0. The molecule has 0 unspecified atom stereocenters. The van der Waals surface area contributed by atoms with Crippen LogP contribution in [-0.4, -0.2) is 60.4 Å². The number of rotatable bonds is 4. The Kier molecular flexibility index (Phi) is 4.39. The van der Waals surface area contributed by atoms with Crippen LogP contribution in [0.4, 0.5) is 17.7 Å². The molecule has 1 aromatic carbocycles. The number of hydrogen-bond acceptors (Lipinski definition) is 8. The van der Waals surface area contributed by atoms with Gasteiger partial charge in [0, 0.05) is 52.0 Å². The molecule has 4 rings (SSSR count). The second-order valence-electron chi connectivity index (χ2n) is 6.35. The van der Waals surface area contributed by atoms with Gasteiger partial charge in [0.2, 0.25) is 5.95 Å². The molecule has 1 saturated heterocycles. The van der Waals surface area contributed by atoms with E-state index in [1.165, 1.54) is 0 Å². The molecule has 0 N–H and O–H groups in total. The molecule has 0 amide bonds. The van der Waals surface area contributed by atoms with Crippen molar-refractivity contribution in [3.05, 3.63) is 42.6 Å². The van der Waals surface area contributed by atoms with Gasteiger partial charge in [0.1, 0.15) is 5.82 Å². The summed E-state index contributed by atoms with van der Waals surface area (Å²) in [6.07, 6.45) is 1.80. The monoisotopic (exact) mass is 351 g/mol. The Bertz CT molecular complexity index is 857. The number of anilines is 3. The highest BCUT2D eigenvalue weighted by atomic mass is 16.5. The standard InChI is InChI=1S/C18H21N7O/c1-23(2)17-19-9-8-15(20-17)24-10-12-25(13-11-24)18-21-16(26-22-18)14-6-4-3-5-7-14/h3-9H,10-13H2,1-2H3. The predicted octanol–water partition coefficient (Wildman–Crippen LogP) is 1.92. The Morgan fingerprint density at radius 1 is 0.923 bits per heavy atom. The van der Waals surface area contributed by atoms with Crippen molar-refractivity contribution in [2.45, 2.75) is 0 Å². The summed E-state index contributed by atoms with van der Waals surface area (Å²) >= 11 is 0. The second kappa shape index (κ2) is 6.99. The van der Waals surface area contributed by atoms with E-state index in [1.807, 2.05) is 55.4 Å². The molecule has 1 aliphatic rings. The fraction of sp³-hybridized carbons (Fsp3) is 0.333. The van der Waals surface area contributed by atoms with E-state index >= 15 is 0 Å². The quantitative estimate of drug-likeness (QED) is 0.706. The highest BCUT2D eigenvalue weighted by Crippen LogP contribution is 2.22. The first-order chi connectivity index (χ1) is 12.7. The maximum Gasteiger partial charge on any atom is 0.266 e. The lowest BCUT2D eigenvalue weighted by Gasteiger charge is -2.34. The van der Waals surface area contributed by atoms with Crippen molar-refractivity contribution in [1.82, 2.24) is 20.1 Å². The van der Waals surface area contributed by atoms with E-state index in [1.54, 1.807) is 6.20 Å². The average molecular weight is 351 g/mol. The molecular weight excluding hydrogens is 330 g/mol. The SMILES string of the molecule is CN(C)c1nccc(N2CCN(c3noc(-c4ccccc4)n3)CC2)n1. The molecule has 0 atom stereocenters. The maximum atomic E-state index is 5.41. The van der Waals surface area contributed by atoms with Crippen LogP contribution in [0.5, 0.6) is 0 Å².